The number of hydrogen-bond acceptors (Lipinski definition) is 3. The van der Waals surface area contributed by atoms with Crippen molar-refractivity contribution in [2.45, 2.75) is 77.2 Å². The van der Waals surface area contributed by atoms with E-state index >= 15 is 0 Å². The predicted octanol–water partition coefficient (Wildman–Crippen LogP) is 4.58. The molecular weight excluding hydrogens is 346 g/mol. The van der Waals surface area contributed by atoms with Gasteiger partial charge in [0.15, 0.2) is 0 Å². The van der Waals surface area contributed by atoms with Crippen LogP contribution in [0.2, 0.25) is 0 Å². The SMILES string of the molecule is C#CCC[C@@]1(C)C(=O)CC[C@@H]2[C@@H]1CC[C@@]1(C)[C@H]2CC[C@@]1(O)Cc1ccccn1. The van der Waals surface area contributed by atoms with E-state index in [1.54, 1.807) is 0 Å². The highest BCUT2D eigenvalue weighted by Gasteiger charge is 2.64. The van der Waals surface area contributed by atoms with Crippen LogP contribution in [0.4, 0.5) is 0 Å². The average Bonchev–Trinajstić information content (AvgIpc) is 2.95. The Bertz CT molecular complexity index is 783. The highest BCUT2D eigenvalue weighted by atomic mass is 16.3. The molecule has 1 aromatic heterocycles. The van der Waals surface area contributed by atoms with Crippen molar-refractivity contribution in [1.82, 2.24) is 4.98 Å². The van der Waals surface area contributed by atoms with Gasteiger partial charge in [-0.3, -0.25) is 9.78 Å². The lowest BCUT2D eigenvalue weighted by molar-refractivity contribution is -0.155. The normalized spacial score (nSPS) is 42.5. The van der Waals surface area contributed by atoms with Crippen LogP contribution in [0.5, 0.6) is 0 Å². The summed E-state index contributed by atoms with van der Waals surface area (Å²) in [4.78, 5) is 17.4. The molecule has 0 radical (unpaired) electrons. The highest BCUT2D eigenvalue weighted by Crippen LogP contribution is 2.66. The number of carbonyl (C=O) groups excluding carboxylic acids is 1. The summed E-state index contributed by atoms with van der Waals surface area (Å²) < 4.78 is 0. The molecule has 1 heterocycles. The lowest BCUT2D eigenvalue weighted by Gasteiger charge is -2.57. The van der Waals surface area contributed by atoms with Gasteiger partial charge in [-0.05, 0) is 73.8 Å². The highest BCUT2D eigenvalue weighted by molar-refractivity contribution is 5.85. The average molecular weight is 380 g/mol. The zero-order valence-electron chi connectivity index (χ0n) is 17.3. The minimum atomic E-state index is -0.701. The molecule has 6 atom stereocenters. The molecule has 0 unspecified atom stereocenters. The molecule has 0 aromatic carbocycles. The Balaban J connectivity index is 1.61. The first-order chi connectivity index (χ1) is 13.3. The third-order valence-corrected chi connectivity index (χ3v) is 8.91. The molecule has 0 saturated heterocycles. The summed E-state index contributed by atoms with van der Waals surface area (Å²) in [5, 5.41) is 11.8. The maximum absolute atomic E-state index is 12.9. The third kappa shape index (κ3) is 2.84. The third-order valence-electron chi connectivity index (χ3n) is 8.91. The van der Waals surface area contributed by atoms with Crippen LogP contribution < -0.4 is 0 Å². The van der Waals surface area contributed by atoms with Gasteiger partial charge in [0, 0.05) is 36.6 Å². The Hall–Kier alpha value is -1.66. The molecular formula is C25H33NO2. The molecule has 0 aliphatic heterocycles. The molecule has 28 heavy (non-hydrogen) atoms. The lowest BCUT2D eigenvalue weighted by atomic mass is 9.47. The summed E-state index contributed by atoms with van der Waals surface area (Å²) in [6.45, 7) is 4.47. The van der Waals surface area contributed by atoms with Crippen molar-refractivity contribution in [3.05, 3.63) is 30.1 Å². The van der Waals surface area contributed by atoms with E-state index in [1.807, 2.05) is 24.4 Å². The maximum Gasteiger partial charge on any atom is 0.139 e. The fourth-order valence-corrected chi connectivity index (χ4v) is 7.13. The smallest absolute Gasteiger partial charge is 0.139 e. The van der Waals surface area contributed by atoms with E-state index in [0.717, 1.165) is 44.2 Å². The van der Waals surface area contributed by atoms with Gasteiger partial charge < -0.3 is 5.11 Å². The van der Waals surface area contributed by atoms with Crippen LogP contribution in [-0.4, -0.2) is 21.5 Å². The van der Waals surface area contributed by atoms with Crippen molar-refractivity contribution in [2.24, 2.45) is 28.6 Å². The molecule has 3 nitrogen and oxygen atoms in total. The van der Waals surface area contributed by atoms with E-state index in [4.69, 9.17) is 6.42 Å². The maximum atomic E-state index is 12.9. The molecule has 1 N–H and O–H groups in total. The first-order valence-electron chi connectivity index (χ1n) is 10.9. The van der Waals surface area contributed by atoms with E-state index in [9.17, 15) is 9.90 Å². The quantitative estimate of drug-likeness (QED) is 0.779. The molecule has 3 fully saturated rings. The lowest BCUT2D eigenvalue weighted by Crippen LogP contribution is -2.56. The summed E-state index contributed by atoms with van der Waals surface area (Å²) >= 11 is 0. The van der Waals surface area contributed by atoms with E-state index < -0.39 is 5.60 Å². The molecule has 0 amide bonds. The fourth-order valence-electron chi connectivity index (χ4n) is 7.13. The number of pyridine rings is 1. The van der Waals surface area contributed by atoms with Crippen LogP contribution in [-0.2, 0) is 11.2 Å². The number of rotatable bonds is 4. The second kappa shape index (κ2) is 6.99. The monoisotopic (exact) mass is 379 g/mol. The standard InChI is InChI=1S/C25H33NO2/c1-4-5-13-23(2)20-11-14-24(3)21(19(20)9-10-22(23)27)12-15-25(24,28)17-18-8-6-7-16-26-18/h1,6-8,16,19-21,28H,5,9-15,17H2,2-3H3/t19-,20+,21+,23-,24+,25-/m1/s1. The van der Waals surface area contributed by atoms with Crippen molar-refractivity contribution >= 4 is 5.78 Å². The zero-order chi connectivity index (χ0) is 20.0. The number of ketones is 1. The van der Waals surface area contributed by atoms with Gasteiger partial charge in [-0.2, -0.15) is 0 Å². The van der Waals surface area contributed by atoms with Gasteiger partial charge in [0.1, 0.15) is 5.78 Å². The Kier molecular flexibility index (Phi) is 4.91. The largest absolute Gasteiger partial charge is 0.389 e. The number of carbonyl (C=O) groups is 1. The first-order valence-corrected chi connectivity index (χ1v) is 10.9. The molecule has 3 aliphatic rings. The van der Waals surface area contributed by atoms with Crippen molar-refractivity contribution in [3.8, 4) is 12.3 Å². The minimum Gasteiger partial charge on any atom is -0.389 e. The van der Waals surface area contributed by atoms with Crippen LogP contribution in [0.25, 0.3) is 0 Å². The second-order valence-corrected chi connectivity index (χ2v) is 9.98. The molecule has 0 spiro atoms. The van der Waals surface area contributed by atoms with Gasteiger partial charge in [0.25, 0.3) is 0 Å². The van der Waals surface area contributed by atoms with E-state index in [2.05, 4.69) is 24.8 Å². The molecule has 3 aliphatic carbocycles. The summed E-state index contributed by atoms with van der Waals surface area (Å²) in [6, 6.07) is 5.95. The molecule has 3 saturated carbocycles. The molecule has 3 heteroatoms. The number of hydrogen-bond donors (Lipinski definition) is 1. The molecule has 0 bridgehead atoms. The van der Waals surface area contributed by atoms with Crippen molar-refractivity contribution in [2.75, 3.05) is 0 Å². The van der Waals surface area contributed by atoms with Crippen LogP contribution in [0, 0.1) is 40.9 Å². The second-order valence-electron chi connectivity index (χ2n) is 9.98. The van der Waals surface area contributed by atoms with E-state index in [1.165, 1.54) is 0 Å². The van der Waals surface area contributed by atoms with Crippen LogP contribution >= 0.6 is 0 Å². The van der Waals surface area contributed by atoms with E-state index in [-0.39, 0.29) is 10.8 Å². The number of aromatic nitrogens is 1. The predicted molar refractivity (Wildman–Crippen MR) is 110 cm³/mol. The van der Waals surface area contributed by atoms with Gasteiger partial charge >= 0.3 is 0 Å². The Labute approximate surface area is 169 Å². The van der Waals surface area contributed by atoms with Crippen LogP contribution in [0.3, 0.4) is 0 Å². The Morgan fingerprint density at radius 1 is 1.21 bits per heavy atom. The van der Waals surface area contributed by atoms with Crippen LogP contribution in [0.1, 0.15) is 70.9 Å². The summed E-state index contributed by atoms with van der Waals surface area (Å²) in [7, 11) is 0. The topological polar surface area (TPSA) is 50.2 Å². The number of Topliss-reactive ketones (excluding diaryl/α,β-unsaturated/α-hetero) is 1. The number of terminal acetylenes is 1. The Morgan fingerprint density at radius 2 is 2.00 bits per heavy atom. The molecule has 4 rings (SSSR count). The van der Waals surface area contributed by atoms with Crippen molar-refractivity contribution < 1.29 is 9.90 Å². The Morgan fingerprint density at radius 3 is 2.71 bits per heavy atom. The van der Waals surface area contributed by atoms with Gasteiger partial charge in [0.05, 0.1) is 5.60 Å². The first kappa shape index (κ1) is 19.6. The number of nitrogens with zero attached hydrogens (tertiary/aromatic N) is 1. The van der Waals surface area contributed by atoms with Gasteiger partial charge in [-0.15, -0.1) is 12.3 Å². The van der Waals surface area contributed by atoms with Crippen LogP contribution in [0.15, 0.2) is 24.4 Å². The molecule has 150 valence electrons. The van der Waals surface area contributed by atoms with E-state index in [0.29, 0.717) is 42.8 Å². The molecule has 1 aromatic rings. The van der Waals surface area contributed by atoms with Crippen molar-refractivity contribution in [1.29, 1.82) is 0 Å². The summed E-state index contributed by atoms with van der Waals surface area (Å²) in [5.74, 6) is 4.59. The van der Waals surface area contributed by atoms with Gasteiger partial charge in [-0.25, -0.2) is 0 Å². The summed E-state index contributed by atoms with van der Waals surface area (Å²) in [6.07, 6.45) is 15.0. The van der Waals surface area contributed by atoms with Crippen molar-refractivity contribution in [3.63, 3.8) is 0 Å². The zero-order valence-corrected chi connectivity index (χ0v) is 17.3. The number of aliphatic hydroxyl groups is 1. The minimum absolute atomic E-state index is 0.0981. The summed E-state index contributed by atoms with van der Waals surface area (Å²) in [5.41, 5.74) is -0.0999. The van der Waals surface area contributed by atoms with Gasteiger partial charge in [0.2, 0.25) is 0 Å². The number of fused-ring (bicyclic) bond motifs is 3. The van der Waals surface area contributed by atoms with Gasteiger partial charge in [-0.1, -0.05) is 19.9 Å². The fraction of sp³-hybridized carbons (Fsp3) is 0.680.